The van der Waals surface area contributed by atoms with Crippen molar-refractivity contribution in [3.63, 3.8) is 0 Å². The number of hydrogen-bond donors (Lipinski definition) is 4. The Morgan fingerprint density at radius 3 is 1.69 bits per heavy atom. The van der Waals surface area contributed by atoms with E-state index in [1.54, 1.807) is 30.3 Å². The zero-order chi connectivity index (χ0) is 18.8. The minimum Gasteiger partial charge on any atom is -0.504 e. The first kappa shape index (κ1) is 17.3. The van der Waals surface area contributed by atoms with E-state index in [0.717, 1.165) is 0 Å². The van der Waals surface area contributed by atoms with Crippen LogP contribution in [0.25, 0.3) is 22.3 Å². The molecule has 0 aliphatic heterocycles. The topological polar surface area (TPSA) is 99.4 Å². The van der Waals surface area contributed by atoms with E-state index < -0.39 is 0 Å². The first-order valence-corrected chi connectivity index (χ1v) is 7.75. The van der Waals surface area contributed by atoms with Crippen LogP contribution in [0.15, 0.2) is 48.5 Å². The molecule has 6 nitrogen and oxygen atoms in total. The van der Waals surface area contributed by atoms with Crippen molar-refractivity contribution in [3.8, 4) is 56.8 Å². The number of benzene rings is 3. The summed E-state index contributed by atoms with van der Waals surface area (Å²) in [6.07, 6.45) is 0. The van der Waals surface area contributed by atoms with Gasteiger partial charge in [0.2, 0.25) is 0 Å². The highest BCUT2D eigenvalue weighted by atomic mass is 16.5. The molecular weight excluding hydrogens is 336 g/mol. The van der Waals surface area contributed by atoms with Crippen LogP contribution in [-0.2, 0) is 0 Å². The van der Waals surface area contributed by atoms with E-state index in [2.05, 4.69) is 0 Å². The van der Waals surface area contributed by atoms with Gasteiger partial charge in [-0.2, -0.15) is 0 Å². The molecule has 4 N–H and O–H groups in total. The van der Waals surface area contributed by atoms with Crippen LogP contribution in [0, 0.1) is 0 Å². The lowest BCUT2D eigenvalue weighted by Crippen LogP contribution is -1.88. The lowest BCUT2D eigenvalue weighted by atomic mass is 9.97. The SMILES string of the molecule is COc1cc(-c2cc(O)c(O)c(-c3ccc(O)c(OC)c3)c2)ccc1O. The Kier molecular flexibility index (Phi) is 4.49. The van der Waals surface area contributed by atoms with Crippen LogP contribution in [-0.4, -0.2) is 34.6 Å². The van der Waals surface area contributed by atoms with Gasteiger partial charge in [-0.25, -0.2) is 0 Å². The van der Waals surface area contributed by atoms with Gasteiger partial charge < -0.3 is 29.9 Å². The second-order valence-electron chi connectivity index (χ2n) is 5.66. The summed E-state index contributed by atoms with van der Waals surface area (Å²) in [7, 11) is 2.87. The number of hydrogen-bond acceptors (Lipinski definition) is 6. The largest absolute Gasteiger partial charge is 0.504 e. The molecule has 0 aliphatic carbocycles. The molecule has 6 heteroatoms. The van der Waals surface area contributed by atoms with E-state index in [9.17, 15) is 20.4 Å². The van der Waals surface area contributed by atoms with Gasteiger partial charge >= 0.3 is 0 Å². The summed E-state index contributed by atoms with van der Waals surface area (Å²) >= 11 is 0. The average Bonchev–Trinajstić information content (AvgIpc) is 2.65. The molecule has 0 aromatic heterocycles. The molecule has 0 heterocycles. The molecule has 3 rings (SSSR count). The Labute approximate surface area is 150 Å². The first-order chi connectivity index (χ1) is 12.4. The maximum Gasteiger partial charge on any atom is 0.165 e. The van der Waals surface area contributed by atoms with Crippen LogP contribution < -0.4 is 9.47 Å². The summed E-state index contributed by atoms with van der Waals surface area (Å²) in [5, 5.41) is 39.9. The van der Waals surface area contributed by atoms with Crippen molar-refractivity contribution < 1.29 is 29.9 Å². The Morgan fingerprint density at radius 1 is 0.577 bits per heavy atom. The van der Waals surface area contributed by atoms with Gasteiger partial charge in [0, 0.05) is 5.56 Å². The summed E-state index contributed by atoms with van der Waals surface area (Å²) in [5.74, 6) is -0.0630. The fraction of sp³-hybridized carbons (Fsp3) is 0.100. The summed E-state index contributed by atoms with van der Waals surface area (Å²) in [5.41, 5.74) is 2.22. The van der Waals surface area contributed by atoms with E-state index in [-0.39, 0.29) is 28.7 Å². The molecule has 3 aromatic carbocycles. The standard InChI is InChI=1S/C20H18O6/c1-25-18-9-11(3-5-15(18)21)13-7-14(20(24)17(23)8-13)12-4-6-16(22)19(10-12)26-2/h3-10,21-24H,1-2H3. The van der Waals surface area contributed by atoms with Gasteiger partial charge in [0.1, 0.15) is 0 Å². The molecule has 3 aromatic rings. The smallest absolute Gasteiger partial charge is 0.165 e. The van der Waals surface area contributed by atoms with E-state index >= 15 is 0 Å². The van der Waals surface area contributed by atoms with Crippen LogP contribution in [0.5, 0.6) is 34.5 Å². The Morgan fingerprint density at radius 2 is 1.12 bits per heavy atom. The van der Waals surface area contributed by atoms with Crippen LogP contribution >= 0.6 is 0 Å². The number of phenolic OH excluding ortho intramolecular Hbond substituents is 4. The summed E-state index contributed by atoms with van der Waals surface area (Å²) < 4.78 is 10.2. The van der Waals surface area contributed by atoms with Crippen LogP contribution in [0.2, 0.25) is 0 Å². The molecule has 0 amide bonds. The average molecular weight is 354 g/mol. The molecule has 0 atom stereocenters. The number of ether oxygens (including phenoxy) is 2. The second kappa shape index (κ2) is 6.76. The maximum atomic E-state index is 10.3. The fourth-order valence-electron chi connectivity index (χ4n) is 2.71. The van der Waals surface area contributed by atoms with Crippen LogP contribution in [0.4, 0.5) is 0 Å². The summed E-state index contributed by atoms with van der Waals surface area (Å²) in [6.45, 7) is 0. The quantitative estimate of drug-likeness (QED) is 0.531. The number of aromatic hydroxyl groups is 4. The molecule has 0 radical (unpaired) electrons. The molecule has 134 valence electrons. The zero-order valence-electron chi connectivity index (χ0n) is 14.2. The molecule has 0 bridgehead atoms. The van der Waals surface area contributed by atoms with E-state index in [4.69, 9.17) is 9.47 Å². The zero-order valence-corrected chi connectivity index (χ0v) is 14.2. The second-order valence-corrected chi connectivity index (χ2v) is 5.66. The molecule has 0 unspecified atom stereocenters. The van der Waals surface area contributed by atoms with Crippen molar-refractivity contribution in [2.45, 2.75) is 0 Å². The number of methoxy groups -OCH3 is 2. The molecule has 26 heavy (non-hydrogen) atoms. The van der Waals surface area contributed by atoms with Gasteiger partial charge in [0.05, 0.1) is 14.2 Å². The molecular formula is C20H18O6. The van der Waals surface area contributed by atoms with Crippen molar-refractivity contribution in [2.75, 3.05) is 14.2 Å². The third kappa shape index (κ3) is 3.04. The third-order valence-corrected chi connectivity index (χ3v) is 4.09. The van der Waals surface area contributed by atoms with Crippen molar-refractivity contribution in [1.82, 2.24) is 0 Å². The minimum absolute atomic E-state index is 0.00254. The molecule has 0 saturated heterocycles. The molecule has 0 aliphatic rings. The third-order valence-electron chi connectivity index (χ3n) is 4.09. The summed E-state index contributed by atoms with van der Waals surface area (Å²) in [6, 6.07) is 12.5. The van der Waals surface area contributed by atoms with Crippen LogP contribution in [0.3, 0.4) is 0 Å². The van der Waals surface area contributed by atoms with Crippen molar-refractivity contribution in [3.05, 3.63) is 48.5 Å². The van der Waals surface area contributed by atoms with Crippen LogP contribution in [0.1, 0.15) is 0 Å². The minimum atomic E-state index is -0.295. The normalized spacial score (nSPS) is 10.5. The predicted molar refractivity (Wildman–Crippen MR) is 97.1 cm³/mol. The highest BCUT2D eigenvalue weighted by Crippen LogP contribution is 2.43. The van der Waals surface area contributed by atoms with E-state index in [1.165, 1.54) is 32.4 Å². The van der Waals surface area contributed by atoms with E-state index in [0.29, 0.717) is 28.0 Å². The van der Waals surface area contributed by atoms with E-state index in [1.807, 2.05) is 0 Å². The number of rotatable bonds is 4. The highest BCUT2D eigenvalue weighted by Gasteiger charge is 2.15. The molecule has 0 fully saturated rings. The monoisotopic (exact) mass is 354 g/mol. The Hall–Kier alpha value is -3.54. The maximum absolute atomic E-state index is 10.3. The van der Waals surface area contributed by atoms with Gasteiger partial charge in [-0.1, -0.05) is 12.1 Å². The lowest BCUT2D eigenvalue weighted by molar-refractivity contribution is 0.373. The fourth-order valence-corrected chi connectivity index (χ4v) is 2.71. The van der Waals surface area contributed by atoms with Gasteiger partial charge in [0.15, 0.2) is 34.5 Å². The first-order valence-electron chi connectivity index (χ1n) is 7.75. The van der Waals surface area contributed by atoms with Crippen molar-refractivity contribution in [2.24, 2.45) is 0 Å². The van der Waals surface area contributed by atoms with Gasteiger partial charge in [-0.15, -0.1) is 0 Å². The highest BCUT2D eigenvalue weighted by molar-refractivity contribution is 5.82. The lowest BCUT2D eigenvalue weighted by Gasteiger charge is -2.13. The van der Waals surface area contributed by atoms with Gasteiger partial charge in [-0.05, 0) is 53.1 Å². The Bertz CT molecular complexity index is 965. The Balaban J connectivity index is 2.17. The van der Waals surface area contributed by atoms with Gasteiger partial charge in [-0.3, -0.25) is 0 Å². The van der Waals surface area contributed by atoms with Gasteiger partial charge in [0.25, 0.3) is 0 Å². The summed E-state index contributed by atoms with van der Waals surface area (Å²) in [4.78, 5) is 0. The van der Waals surface area contributed by atoms with Crippen molar-refractivity contribution in [1.29, 1.82) is 0 Å². The van der Waals surface area contributed by atoms with Crippen molar-refractivity contribution >= 4 is 0 Å². The predicted octanol–water partition coefficient (Wildman–Crippen LogP) is 3.86. The molecule has 0 saturated carbocycles. The molecule has 0 spiro atoms. The number of phenols is 4.